The van der Waals surface area contributed by atoms with Crippen LogP contribution in [-0.2, 0) is 11.2 Å². The first kappa shape index (κ1) is 19.8. The molecule has 0 radical (unpaired) electrons. The Morgan fingerprint density at radius 3 is 2.62 bits per heavy atom. The normalized spacial score (nSPS) is 10.3. The maximum Gasteiger partial charge on any atom is 0.341 e. The highest BCUT2D eigenvalue weighted by Gasteiger charge is 2.23. The van der Waals surface area contributed by atoms with Crippen molar-refractivity contribution in [2.75, 3.05) is 17.7 Å². The van der Waals surface area contributed by atoms with Crippen LogP contribution in [0.15, 0.2) is 18.2 Å². The largest absolute Gasteiger partial charge is 0.465 e. The molecule has 0 fully saturated rings. The van der Waals surface area contributed by atoms with Crippen LogP contribution >= 0.6 is 23.6 Å². The van der Waals surface area contributed by atoms with Crippen molar-refractivity contribution in [2.24, 2.45) is 0 Å². The monoisotopic (exact) mass is 393 g/mol. The number of esters is 1. The smallest absolute Gasteiger partial charge is 0.341 e. The number of hydrogen-bond acceptors (Lipinski definition) is 6. The number of nitro groups is 1. The molecule has 0 aliphatic carbocycles. The predicted molar refractivity (Wildman–Crippen MR) is 107 cm³/mol. The second kappa shape index (κ2) is 8.24. The van der Waals surface area contributed by atoms with Gasteiger partial charge in [0.25, 0.3) is 5.69 Å². The fraction of sp³-hybridized carbons (Fsp3) is 0.294. The summed E-state index contributed by atoms with van der Waals surface area (Å²) in [5.74, 6) is -0.446. The van der Waals surface area contributed by atoms with E-state index >= 15 is 0 Å². The number of ether oxygens (including phenoxy) is 1. The zero-order chi connectivity index (χ0) is 19.4. The highest BCUT2D eigenvalue weighted by Crippen LogP contribution is 2.34. The van der Waals surface area contributed by atoms with Crippen molar-refractivity contribution in [3.8, 4) is 0 Å². The lowest BCUT2D eigenvalue weighted by Gasteiger charge is -2.11. The van der Waals surface area contributed by atoms with E-state index in [0.717, 1.165) is 16.0 Å². The van der Waals surface area contributed by atoms with Gasteiger partial charge in [0.05, 0.1) is 17.6 Å². The zero-order valence-corrected chi connectivity index (χ0v) is 16.5. The number of nitrogens with one attached hydrogen (secondary N) is 2. The van der Waals surface area contributed by atoms with Gasteiger partial charge in [0.15, 0.2) is 5.11 Å². The Hall–Kier alpha value is -2.52. The van der Waals surface area contributed by atoms with Gasteiger partial charge in [-0.25, -0.2) is 4.79 Å². The van der Waals surface area contributed by atoms with Crippen molar-refractivity contribution in [2.45, 2.75) is 27.2 Å². The first-order chi connectivity index (χ1) is 12.3. The molecule has 0 bridgehead atoms. The second-order valence-corrected chi connectivity index (χ2v) is 7.18. The van der Waals surface area contributed by atoms with Crippen LogP contribution in [0.25, 0.3) is 0 Å². The molecule has 0 aliphatic rings. The predicted octanol–water partition coefficient (Wildman–Crippen LogP) is 4.43. The molecule has 0 unspecified atom stereocenters. The third-order valence-corrected chi connectivity index (χ3v) is 5.04. The number of methoxy groups -OCH3 is 1. The number of rotatable bonds is 5. The third kappa shape index (κ3) is 4.17. The lowest BCUT2D eigenvalue weighted by atomic mass is 10.1. The Bertz CT molecular complexity index is 877. The molecule has 0 saturated carbocycles. The topological polar surface area (TPSA) is 93.5 Å². The third-order valence-electron chi connectivity index (χ3n) is 3.78. The summed E-state index contributed by atoms with van der Waals surface area (Å²) in [5.41, 5.74) is 2.32. The van der Waals surface area contributed by atoms with Crippen LogP contribution < -0.4 is 10.6 Å². The van der Waals surface area contributed by atoms with E-state index in [0.29, 0.717) is 17.0 Å². The molecule has 2 N–H and O–H groups in total. The number of hydrogen-bond donors (Lipinski definition) is 2. The summed E-state index contributed by atoms with van der Waals surface area (Å²) in [6.45, 7) is 5.65. The summed E-state index contributed by atoms with van der Waals surface area (Å²) in [5, 5.41) is 17.7. The summed E-state index contributed by atoms with van der Waals surface area (Å²) in [4.78, 5) is 23.9. The maximum absolute atomic E-state index is 12.1. The Kier molecular flexibility index (Phi) is 6.27. The van der Waals surface area contributed by atoms with Gasteiger partial charge in [0, 0.05) is 10.9 Å². The Balaban J connectivity index is 2.29. The van der Waals surface area contributed by atoms with Crippen molar-refractivity contribution in [1.29, 1.82) is 0 Å². The fourth-order valence-corrected chi connectivity index (χ4v) is 3.98. The molecule has 7 nitrogen and oxygen atoms in total. The first-order valence-electron chi connectivity index (χ1n) is 7.82. The van der Waals surface area contributed by atoms with Gasteiger partial charge in [0.1, 0.15) is 10.7 Å². The van der Waals surface area contributed by atoms with Crippen molar-refractivity contribution < 1.29 is 14.5 Å². The van der Waals surface area contributed by atoms with Gasteiger partial charge in [-0.3, -0.25) is 10.1 Å². The van der Waals surface area contributed by atoms with Crippen LogP contribution in [0, 0.1) is 24.0 Å². The lowest BCUT2D eigenvalue weighted by Crippen LogP contribution is -2.20. The summed E-state index contributed by atoms with van der Waals surface area (Å²) in [6, 6.07) is 4.82. The van der Waals surface area contributed by atoms with Gasteiger partial charge in [-0.05, 0) is 49.7 Å². The standard InChI is InChI=1S/C17H19N3O4S2/c1-5-11-10(3)26-15(14(11)16(21)24-4)19-17(25)18-12-7-6-9(2)8-13(12)20(22)23/h6-8H,5H2,1-4H3,(H2,18,19,25). The average Bonchev–Trinajstić information content (AvgIpc) is 2.90. The van der Waals surface area contributed by atoms with Crippen molar-refractivity contribution in [3.05, 3.63) is 49.9 Å². The number of carbonyl (C=O) groups excluding carboxylic acids is 1. The number of aryl methyl sites for hydroxylation is 2. The van der Waals surface area contributed by atoms with Gasteiger partial charge >= 0.3 is 5.97 Å². The fourth-order valence-electron chi connectivity index (χ4n) is 2.57. The summed E-state index contributed by atoms with van der Waals surface area (Å²) >= 11 is 6.67. The van der Waals surface area contributed by atoms with Gasteiger partial charge in [-0.2, -0.15) is 0 Å². The molecular weight excluding hydrogens is 374 g/mol. The molecule has 1 aromatic carbocycles. The van der Waals surface area contributed by atoms with E-state index in [1.165, 1.54) is 24.5 Å². The molecule has 0 saturated heterocycles. The van der Waals surface area contributed by atoms with E-state index in [1.807, 2.05) is 13.8 Å². The van der Waals surface area contributed by atoms with Crippen LogP contribution in [0.5, 0.6) is 0 Å². The van der Waals surface area contributed by atoms with Crippen molar-refractivity contribution >= 4 is 51.0 Å². The highest BCUT2D eigenvalue weighted by molar-refractivity contribution is 7.80. The first-order valence-corrected chi connectivity index (χ1v) is 9.04. The number of thiocarbonyl (C=S) groups is 1. The molecule has 9 heteroatoms. The van der Waals surface area contributed by atoms with Gasteiger partial charge in [0.2, 0.25) is 0 Å². The van der Waals surface area contributed by atoms with Crippen LogP contribution in [-0.4, -0.2) is 23.1 Å². The molecule has 1 heterocycles. The summed E-state index contributed by atoms with van der Waals surface area (Å²) < 4.78 is 4.87. The highest BCUT2D eigenvalue weighted by atomic mass is 32.1. The van der Waals surface area contributed by atoms with Crippen molar-refractivity contribution in [3.63, 3.8) is 0 Å². The Labute approximate surface area is 160 Å². The van der Waals surface area contributed by atoms with Crippen LogP contribution in [0.4, 0.5) is 16.4 Å². The zero-order valence-electron chi connectivity index (χ0n) is 14.8. The molecule has 138 valence electrons. The van der Waals surface area contributed by atoms with Crippen LogP contribution in [0.3, 0.4) is 0 Å². The molecule has 0 aliphatic heterocycles. The van der Waals surface area contributed by atoms with E-state index in [9.17, 15) is 14.9 Å². The van der Waals surface area contributed by atoms with Gasteiger partial charge < -0.3 is 15.4 Å². The quantitative estimate of drug-likeness (QED) is 0.336. The van der Waals surface area contributed by atoms with E-state index in [2.05, 4.69) is 10.6 Å². The maximum atomic E-state index is 12.1. The summed E-state index contributed by atoms with van der Waals surface area (Å²) in [7, 11) is 1.32. The molecule has 2 aromatic rings. The van der Waals surface area contributed by atoms with Crippen molar-refractivity contribution in [1.82, 2.24) is 0 Å². The van der Waals surface area contributed by atoms with E-state index in [-0.39, 0.29) is 16.5 Å². The second-order valence-electron chi connectivity index (χ2n) is 5.54. The molecule has 26 heavy (non-hydrogen) atoms. The summed E-state index contributed by atoms with van der Waals surface area (Å²) in [6.07, 6.45) is 0.679. The minimum atomic E-state index is -0.470. The molecule has 0 atom stereocenters. The minimum absolute atomic E-state index is 0.0704. The number of anilines is 2. The number of carbonyl (C=O) groups is 1. The van der Waals surface area contributed by atoms with Crippen LogP contribution in [0.2, 0.25) is 0 Å². The van der Waals surface area contributed by atoms with E-state index in [1.54, 1.807) is 19.1 Å². The van der Waals surface area contributed by atoms with E-state index in [4.69, 9.17) is 17.0 Å². The number of nitro benzene ring substituents is 1. The molecule has 0 spiro atoms. The number of nitrogens with zero attached hydrogens (tertiary/aromatic N) is 1. The van der Waals surface area contributed by atoms with Crippen LogP contribution in [0.1, 0.15) is 33.3 Å². The molecular formula is C17H19N3O4S2. The molecule has 1 aromatic heterocycles. The minimum Gasteiger partial charge on any atom is -0.465 e. The Morgan fingerprint density at radius 2 is 2.04 bits per heavy atom. The van der Waals surface area contributed by atoms with Gasteiger partial charge in [-0.15, -0.1) is 11.3 Å². The van der Waals surface area contributed by atoms with E-state index < -0.39 is 10.9 Å². The average molecular weight is 393 g/mol. The number of benzene rings is 1. The molecule has 2 rings (SSSR count). The lowest BCUT2D eigenvalue weighted by molar-refractivity contribution is -0.383. The number of thiophene rings is 1. The molecule has 0 amide bonds. The van der Waals surface area contributed by atoms with Gasteiger partial charge in [-0.1, -0.05) is 13.0 Å². The SMILES string of the molecule is CCc1c(C)sc(NC(=S)Nc2ccc(C)cc2[N+](=O)[O-])c1C(=O)OC. The Morgan fingerprint density at radius 1 is 1.35 bits per heavy atom.